The molecule has 1 aliphatic heterocycles. The Hall–Kier alpha value is -3.59. The van der Waals surface area contributed by atoms with Gasteiger partial charge in [-0.1, -0.05) is 12.1 Å². The average Bonchev–Trinajstić information content (AvgIpc) is 3.42. The van der Waals surface area contributed by atoms with Gasteiger partial charge in [0, 0.05) is 24.7 Å². The molecule has 0 atom stereocenters. The van der Waals surface area contributed by atoms with Gasteiger partial charge in [0.2, 0.25) is 0 Å². The number of rotatable bonds is 5. The molecule has 1 N–H and O–H groups in total. The van der Waals surface area contributed by atoms with Gasteiger partial charge < -0.3 is 19.4 Å². The molecule has 8 nitrogen and oxygen atoms in total. The number of para-hydroxylation sites is 2. The van der Waals surface area contributed by atoms with Crippen LogP contribution in [0, 0.1) is 6.92 Å². The van der Waals surface area contributed by atoms with Crippen LogP contribution in [0.4, 0.5) is 0 Å². The van der Waals surface area contributed by atoms with Crippen molar-refractivity contribution in [1.82, 2.24) is 19.4 Å². The fourth-order valence-corrected chi connectivity index (χ4v) is 5.63. The quantitative estimate of drug-likeness (QED) is 0.463. The topological polar surface area (TPSA) is 89.5 Å². The molecule has 0 aliphatic carbocycles. The van der Waals surface area contributed by atoms with Crippen LogP contribution in [0.25, 0.3) is 21.6 Å². The molecule has 0 radical (unpaired) electrons. The number of H-pyrrole nitrogens is 1. The Labute approximate surface area is 200 Å². The number of ether oxygens (including phenoxy) is 2. The second kappa shape index (κ2) is 8.98. The molecule has 1 aliphatic rings. The predicted octanol–water partition coefficient (Wildman–Crippen LogP) is 4.26. The first-order valence-corrected chi connectivity index (χ1v) is 12.0. The standard InChI is InChI=1S/C25H26N4O4S/c1-15-22(34-23(26-15)16-8-9-20(32-2)21(14-16)33-3)24(30)28-12-10-17(11-13-28)29-19-7-5-4-6-18(19)27-25(29)31/h4-9,14,17H,10-13H2,1-3H3,(H,27,31). The molecule has 4 aromatic rings. The minimum absolute atomic E-state index is 0.00792. The van der Waals surface area contributed by atoms with Crippen molar-refractivity contribution >= 4 is 28.3 Å². The number of carbonyl (C=O) groups is 1. The molecule has 2 aromatic carbocycles. The number of fused-ring (bicyclic) bond motifs is 1. The number of amides is 1. The van der Waals surface area contributed by atoms with E-state index in [1.54, 1.807) is 14.2 Å². The molecule has 34 heavy (non-hydrogen) atoms. The number of carbonyl (C=O) groups excluding carboxylic acids is 1. The third-order valence-electron chi connectivity index (χ3n) is 6.36. The molecule has 0 spiro atoms. The van der Waals surface area contributed by atoms with Crippen LogP contribution in [0.2, 0.25) is 0 Å². The first kappa shape index (κ1) is 22.2. The number of methoxy groups -OCH3 is 2. The zero-order chi connectivity index (χ0) is 23.8. The van der Waals surface area contributed by atoms with Gasteiger partial charge in [0.25, 0.3) is 5.91 Å². The van der Waals surface area contributed by atoms with Crippen LogP contribution in [0.15, 0.2) is 47.3 Å². The zero-order valence-corrected chi connectivity index (χ0v) is 20.1. The van der Waals surface area contributed by atoms with Crippen molar-refractivity contribution in [2.45, 2.75) is 25.8 Å². The highest BCUT2D eigenvalue weighted by Crippen LogP contribution is 2.36. The fraction of sp³-hybridized carbons (Fsp3) is 0.320. The van der Waals surface area contributed by atoms with Crippen molar-refractivity contribution in [3.8, 4) is 22.1 Å². The summed E-state index contributed by atoms with van der Waals surface area (Å²) in [7, 11) is 3.19. The first-order valence-electron chi connectivity index (χ1n) is 11.2. The summed E-state index contributed by atoms with van der Waals surface area (Å²) in [4.78, 5) is 36.0. The van der Waals surface area contributed by atoms with Gasteiger partial charge in [-0.15, -0.1) is 11.3 Å². The lowest BCUT2D eigenvalue weighted by atomic mass is 10.0. The highest BCUT2D eigenvalue weighted by molar-refractivity contribution is 7.17. The van der Waals surface area contributed by atoms with Gasteiger partial charge in [-0.2, -0.15) is 0 Å². The first-order chi connectivity index (χ1) is 16.5. The molecule has 9 heteroatoms. The number of benzene rings is 2. The van der Waals surface area contributed by atoms with Crippen molar-refractivity contribution in [1.29, 1.82) is 0 Å². The number of nitrogens with one attached hydrogen (secondary N) is 1. The lowest BCUT2D eigenvalue weighted by Crippen LogP contribution is -2.40. The van der Waals surface area contributed by atoms with E-state index in [2.05, 4.69) is 9.97 Å². The normalized spacial score (nSPS) is 14.5. The monoisotopic (exact) mass is 478 g/mol. The van der Waals surface area contributed by atoms with Crippen LogP contribution < -0.4 is 15.2 Å². The van der Waals surface area contributed by atoms with Gasteiger partial charge in [-0.3, -0.25) is 9.36 Å². The Balaban J connectivity index is 1.33. The van der Waals surface area contributed by atoms with Crippen molar-refractivity contribution in [2.24, 2.45) is 0 Å². The second-order valence-corrected chi connectivity index (χ2v) is 9.34. The maximum absolute atomic E-state index is 13.3. The molecule has 176 valence electrons. The molecule has 1 saturated heterocycles. The Morgan fingerprint density at radius 2 is 1.82 bits per heavy atom. The Morgan fingerprint density at radius 3 is 2.56 bits per heavy atom. The summed E-state index contributed by atoms with van der Waals surface area (Å²) in [5, 5.41) is 0.766. The molecule has 0 bridgehead atoms. The summed E-state index contributed by atoms with van der Waals surface area (Å²) in [5.74, 6) is 1.26. The summed E-state index contributed by atoms with van der Waals surface area (Å²) in [6.45, 7) is 3.06. The van der Waals surface area contributed by atoms with Gasteiger partial charge in [-0.05, 0) is 50.1 Å². The minimum Gasteiger partial charge on any atom is -0.493 e. The van der Waals surface area contributed by atoms with E-state index >= 15 is 0 Å². The van der Waals surface area contributed by atoms with Crippen molar-refractivity contribution in [2.75, 3.05) is 27.3 Å². The van der Waals surface area contributed by atoms with Crippen LogP contribution in [0.1, 0.15) is 34.2 Å². The Bertz CT molecular complexity index is 1410. The second-order valence-electron chi connectivity index (χ2n) is 8.34. The van der Waals surface area contributed by atoms with Crippen LogP contribution in [0.3, 0.4) is 0 Å². The lowest BCUT2D eigenvalue weighted by molar-refractivity contribution is 0.0699. The van der Waals surface area contributed by atoms with Crippen LogP contribution in [-0.4, -0.2) is 52.7 Å². The summed E-state index contributed by atoms with van der Waals surface area (Å²) in [6, 6.07) is 13.4. The number of aromatic amines is 1. The summed E-state index contributed by atoms with van der Waals surface area (Å²) in [5.41, 5.74) is 3.25. The molecule has 0 saturated carbocycles. The van der Waals surface area contributed by atoms with Gasteiger partial charge in [0.15, 0.2) is 11.5 Å². The molecule has 1 fully saturated rings. The largest absolute Gasteiger partial charge is 0.493 e. The summed E-state index contributed by atoms with van der Waals surface area (Å²) < 4.78 is 12.6. The van der Waals surface area contributed by atoms with E-state index < -0.39 is 0 Å². The van der Waals surface area contributed by atoms with Crippen molar-refractivity contribution in [3.63, 3.8) is 0 Å². The number of likely N-dealkylation sites (tertiary alicyclic amines) is 1. The third kappa shape index (κ3) is 3.86. The number of aryl methyl sites for hydroxylation is 1. The number of hydrogen-bond donors (Lipinski definition) is 1. The van der Waals surface area contributed by atoms with E-state index in [-0.39, 0.29) is 17.6 Å². The molecular formula is C25H26N4O4S. The highest BCUT2D eigenvalue weighted by atomic mass is 32.1. The number of imidazole rings is 1. The number of nitrogens with zero attached hydrogens (tertiary/aromatic N) is 3. The molecule has 0 unspecified atom stereocenters. The maximum Gasteiger partial charge on any atom is 0.326 e. The number of piperidine rings is 1. The van der Waals surface area contributed by atoms with Crippen LogP contribution >= 0.6 is 11.3 Å². The van der Waals surface area contributed by atoms with E-state index in [1.165, 1.54) is 11.3 Å². The summed E-state index contributed by atoms with van der Waals surface area (Å²) >= 11 is 1.39. The van der Waals surface area contributed by atoms with Gasteiger partial charge in [0.1, 0.15) is 9.88 Å². The fourth-order valence-electron chi connectivity index (χ4n) is 4.60. The number of hydrogen-bond acceptors (Lipinski definition) is 6. The van der Waals surface area contributed by atoms with Gasteiger partial charge in [0.05, 0.1) is 30.9 Å². The SMILES string of the molecule is COc1ccc(-c2nc(C)c(C(=O)N3CCC(n4c(=O)[nH]c5ccccc54)CC3)s2)cc1OC. The van der Waals surface area contributed by atoms with Crippen LogP contribution in [0.5, 0.6) is 11.5 Å². The number of aromatic nitrogens is 3. The van der Waals surface area contributed by atoms with Crippen molar-refractivity contribution in [3.05, 3.63) is 63.5 Å². The van der Waals surface area contributed by atoms with E-state index in [0.29, 0.717) is 29.5 Å². The highest BCUT2D eigenvalue weighted by Gasteiger charge is 2.29. The van der Waals surface area contributed by atoms with Crippen LogP contribution in [-0.2, 0) is 0 Å². The van der Waals surface area contributed by atoms with Gasteiger partial charge in [-0.25, -0.2) is 9.78 Å². The molecule has 3 heterocycles. The average molecular weight is 479 g/mol. The molecule has 1 amide bonds. The van der Waals surface area contributed by atoms with Gasteiger partial charge >= 0.3 is 5.69 Å². The smallest absolute Gasteiger partial charge is 0.326 e. The lowest BCUT2D eigenvalue weighted by Gasteiger charge is -2.32. The number of thiazole rings is 1. The van der Waals surface area contributed by atoms with E-state index in [9.17, 15) is 9.59 Å². The Morgan fingerprint density at radius 1 is 1.09 bits per heavy atom. The molecule has 2 aromatic heterocycles. The maximum atomic E-state index is 13.3. The van der Waals surface area contributed by atoms with E-state index in [4.69, 9.17) is 9.47 Å². The zero-order valence-electron chi connectivity index (χ0n) is 19.3. The van der Waals surface area contributed by atoms with Crippen molar-refractivity contribution < 1.29 is 14.3 Å². The Kier molecular flexibility index (Phi) is 5.87. The molecular weight excluding hydrogens is 452 g/mol. The predicted molar refractivity (Wildman–Crippen MR) is 132 cm³/mol. The summed E-state index contributed by atoms with van der Waals surface area (Å²) in [6.07, 6.45) is 1.46. The minimum atomic E-state index is -0.0937. The van der Waals surface area contributed by atoms with E-state index in [1.807, 2.05) is 58.9 Å². The third-order valence-corrected chi connectivity index (χ3v) is 7.56. The molecule has 5 rings (SSSR count). The van der Waals surface area contributed by atoms with E-state index in [0.717, 1.165) is 40.1 Å².